The highest BCUT2D eigenvalue weighted by molar-refractivity contribution is 7.92. The highest BCUT2D eigenvalue weighted by Crippen LogP contribution is 2.25. The summed E-state index contributed by atoms with van der Waals surface area (Å²) in [5.74, 6) is 0.926. The molecule has 2 aromatic carbocycles. The molecule has 0 amide bonds. The number of anilines is 2. The molecule has 0 unspecified atom stereocenters. The monoisotopic (exact) mass is 460 g/mol. The third-order valence-corrected chi connectivity index (χ3v) is 7.17. The van der Waals surface area contributed by atoms with Crippen LogP contribution in [0.15, 0.2) is 54.6 Å². The molecule has 4 rings (SSSR count). The van der Waals surface area contributed by atoms with Gasteiger partial charge in [0.2, 0.25) is 5.94 Å². The van der Waals surface area contributed by atoms with Crippen LogP contribution in [-0.4, -0.2) is 64.5 Å². The molecule has 1 aliphatic rings. The predicted molar refractivity (Wildman–Crippen MR) is 126 cm³/mol. The summed E-state index contributed by atoms with van der Waals surface area (Å²) < 4.78 is 32.2. The Morgan fingerprint density at radius 2 is 1.74 bits per heavy atom. The lowest BCUT2D eigenvalue weighted by atomic mass is 10.2. The lowest BCUT2D eigenvalue weighted by Crippen LogP contribution is -2.44. The van der Waals surface area contributed by atoms with Gasteiger partial charge >= 0.3 is 0 Å². The van der Waals surface area contributed by atoms with Crippen molar-refractivity contribution in [1.82, 2.24) is 9.88 Å². The molecule has 1 saturated heterocycles. The molecule has 7 nitrogen and oxygen atoms in total. The Balaban J connectivity index is 1.49. The standard InChI is InChI=1S/C22H25ClN4O3S/c1-25-11-13-27(14-12-25)22-10-3-17-15-19(6-9-21(17)24-22)26(2)31(28,29)16-30-20-7-4-18(23)5-8-20/h3-10,15H,11-14,16H2,1-2H3. The van der Waals surface area contributed by atoms with Crippen LogP contribution in [0, 0.1) is 0 Å². The first-order valence-electron chi connectivity index (χ1n) is 10.0. The second-order valence-electron chi connectivity index (χ2n) is 7.63. The van der Waals surface area contributed by atoms with E-state index >= 15 is 0 Å². The summed E-state index contributed by atoms with van der Waals surface area (Å²) in [6, 6.07) is 16.0. The maximum Gasteiger partial charge on any atom is 0.270 e. The minimum atomic E-state index is -3.68. The number of rotatable bonds is 6. The zero-order valence-electron chi connectivity index (χ0n) is 17.5. The first kappa shape index (κ1) is 21.7. The Bertz CT molecular complexity index is 1160. The molecule has 1 aliphatic heterocycles. The van der Waals surface area contributed by atoms with E-state index in [2.05, 4.69) is 16.8 Å². The van der Waals surface area contributed by atoms with Crippen molar-refractivity contribution in [2.45, 2.75) is 0 Å². The zero-order chi connectivity index (χ0) is 22.0. The molecule has 1 aromatic heterocycles. The van der Waals surface area contributed by atoms with Gasteiger partial charge in [-0.05, 0) is 61.6 Å². The summed E-state index contributed by atoms with van der Waals surface area (Å²) in [6.45, 7) is 3.92. The van der Waals surface area contributed by atoms with E-state index in [-0.39, 0.29) is 0 Å². The second kappa shape index (κ2) is 8.90. The SMILES string of the molecule is CN1CCN(c2ccc3cc(N(C)S(=O)(=O)COc4ccc(Cl)cc4)ccc3n2)CC1. The lowest BCUT2D eigenvalue weighted by Gasteiger charge is -2.33. The zero-order valence-corrected chi connectivity index (χ0v) is 19.1. The summed E-state index contributed by atoms with van der Waals surface area (Å²) in [5, 5.41) is 1.45. The van der Waals surface area contributed by atoms with Crippen molar-refractivity contribution in [3.63, 3.8) is 0 Å². The van der Waals surface area contributed by atoms with Gasteiger partial charge in [-0.25, -0.2) is 13.4 Å². The maximum atomic E-state index is 12.7. The Labute approximate surface area is 187 Å². The van der Waals surface area contributed by atoms with Crippen molar-refractivity contribution in [3.05, 3.63) is 59.6 Å². The molecule has 0 saturated carbocycles. The van der Waals surface area contributed by atoms with Gasteiger partial charge < -0.3 is 14.5 Å². The number of ether oxygens (including phenoxy) is 1. The van der Waals surface area contributed by atoms with Crippen LogP contribution < -0.4 is 13.9 Å². The highest BCUT2D eigenvalue weighted by atomic mass is 35.5. The number of benzene rings is 2. The van der Waals surface area contributed by atoms with Gasteiger partial charge in [0, 0.05) is 43.6 Å². The van der Waals surface area contributed by atoms with E-state index in [1.54, 1.807) is 30.3 Å². The Kier molecular flexibility index (Phi) is 6.22. The maximum absolute atomic E-state index is 12.7. The predicted octanol–water partition coefficient (Wildman–Crippen LogP) is 3.44. The molecule has 9 heteroatoms. The van der Waals surface area contributed by atoms with E-state index in [0.29, 0.717) is 16.5 Å². The number of aromatic nitrogens is 1. The van der Waals surface area contributed by atoms with E-state index in [0.717, 1.165) is 42.9 Å². The van der Waals surface area contributed by atoms with Gasteiger partial charge in [0.15, 0.2) is 0 Å². The summed E-state index contributed by atoms with van der Waals surface area (Å²) >= 11 is 5.85. The number of piperazine rings is 1. The normalized spacial score (nSPS) is 15.3. The fourth-order valence-electron chi connectivity index (χ4n) is 3.42. The molecule has 0 atom stereocenters. The van der Waals surface area contributed by atoms with Crippen LogP contribution in [0.25, 0.3) is 10.9 Å². The van der Waals surface area contributed by atoms with E-state index in [1.807, 2.05) is 24.3 Å². The molecule has 31 heavy (non-hydrogen) atoms. The van der Waals surface area contributed by atoms with Crippen molar-refractivity contribution in [3.8, 4) is 5.75 Å². The average Bonchev–Trinajstić information content (AvgIpc) is 2.78. The Hall–Kier alpha value is -2.55. The van der Waals surface area contributed by atoms with Crippen LogP contribution in [0.2, 0.25) is 5.02 Å². The molecular weight excluding hydrogens is 436 g/mol. The Morgan fingerprint density at radius 3 is 2.45 bits per heavy atom. The summed E-state index contributed by atoms with van der Waals surface area (Å²) in [5.41, 5.74) is 1.39. The van der Waals surface area contributed by atoms with Gasteiger partial charge in [-0.15, -0.1) is 0 Å². The van der Waals surface area contributed by atoms with Gasteiger partial charge in [-0.3, -0.25) is 4.31 Å². The fraction of sp³-hybridized carbons (Fsp3) is 0.318. The lowest BCUT2D eigenvalue weighted by molar-refractivity contribution is 0.312. The van der Waals surface area contributed by atoms with Crippen molar-refractivity contribution < 1.29 is 13.2 Å². The van der Waals surface area contributed by atoms with Crippen LogP contribution >= 0.6 is 11.6 Å². The number of hydrogen-bond acceptors (Lipinski definition) is 6. The molecular formula is C22H25ClN4O3S. The molecule has 0 radical (unpaired) electrons. The number of halogens is 1. The van der Waals surface area contributed by atoms with Crippen molar-refractivity contribution in [2.75, 3.05) is 55.4 Å². The van der Waals surface area contributed by atoms with Crippen molar-refractivity contribution in [2.24, 2.45) is 0 Å². The molecule has 3 aromatic rings. The van der Waals surface area contributed by atoms with Gasteiger partial charge in [-0.2, -0.15) is 0 Å². The highest BCUT2D eigenvalue weighted by Gasteiger charge is 2.20. The molecule has 2 heterocycles. The van der Waals surface area contributed by atoms with Crippen LogP contribution in [0.5, 0.6) is 5.75 Å². The van der Waals surface area contributed by atoms with Crippen LogP contribution in [0.3, 0.4) is 0 Å². The fourth-order valence-corrected chi connectivity index (χ4v) is 4.43. The molecule has 0 aliphatic carbocycles. The average molecular weight is 461 g/mol. The number of nitrogens with zero attached hydrogens (tertiary/aromatic N) is 4. The molecule has 0 N–H and O–H groups in total. The van der Waals surface area contributed by atoms with Crippen LogP contribution in [0.1, 0.15) is 0 Å². The molecule has 0 bridgehead atoms. The van der Waals surface area contributed by atoms with E-state index < -0.39 is 16.0 Å². The third-order valence-electron chi connectivity index (χ3n) is 5.45. The van der Waals surface area contributed by atoms with Gasteiger partial charge in [-0.1, -0.05) is 11.6 Å². The molecule has 0 spiro atoms. The first-order valence-corrected chi connectivity index (χ1v) is 12.0. The smallest absolute Gasteiger partial charge is 0.270 e. The first-order chi connectivity index (χ1) is 14.8. The van der Waals surface area contributed by atoms with Crippen molar-refractivity contribution in [1.29, 1.82) is 0 Å². The van der Waals surface area contributed by atoms with Crippen LogP contribution in [0.4, 0.5) is 11.5 Å². The van der Waals surface area contributed by atoms with Gasteiger partial charge in [0.1, 0.15) is 11.6 Å². The van der Waals surface area contributed by atoms with Crippen LogP contribution in [-0.2, 0) is 10.0 Å². The topological polar surface area (TPSA) is 66.0 Å². The van der Waals surface area contributed by atoms with E-state index in [1.165, 1.54) is 11.4 Å². The van der Waals surface area contributed by atoms with E-state index in [9.17, 15) is 8.42 Å². The third kappa shape index (κ3) is 5.03. The van der Waals surface area contributed by atoms with Gasteiger partial charge in [0.05, 0.1) is 11.2 Å². The second-order valence-corrected chi connectivity index (χ2v) is 10.0. The largest absolute Gasteiger partial charge is 0.476 e. The summed E-state index contributed by atoms with van der Waals surface area (Å²) in [7, 11) is -0.0317. The van der Waals surface area contributed by atoms with E-state index in [4.69, 9.17) is 21.3 Å². The minimum Gasteiger partial charge on any atom is -0.476 e. The number of sulfonamides is 1. The molecule has 1 fully saturated rings. The van der Waals surface area contributed by atoms with Gasteiger partial charge in [0.25, 0.3) is 10.0 Å². The number of hydrogen-bond donors (Lipinski definition) is 0. The summed E-state index contributed by atoms with van der Waals surface area (Å²) in [6.07, 6.45) is 0. The Morgan fingerprint density at radius 1 is 1.03 bits per heavy atom. The minimum absolute atomic E-state index is 0.445. The quantitative estimate of drug-likeness (QED) is 0.561. The summed E-state index contributed by atoms with van der Waals surface area (Å²) in [4.78, 5) is 9.35. The number of fused-ring (bicyclic) bond motifs is 1. The number of pyridine rings is 1. The molecule has 164 valence electrons. The van der Waals surface area contributed by atoms with Crippen molar-refractivity contribution >= 4 is 44.0 Å². The number of likely N-dealkylation sites (N-methyl/N-ethyl adjacent to an activating group) is 1.